The van der Waals surface area contributed by atoms with E-state index in [1.165, 1.54) is 0 Å². The molecule has 3 fully saturated rings. The fourth-order valence-electron chi connectivity index (χ4n) is 4.75. The molecular formula is C21H33N3O4. The van der Waals surface area contributed by atoms with Crippen molar-refractivity contribution in [3.8, 4) is 0 Å². The van der Waals surface area contributed by atoms with E-state index in [0.29, 0.717) is 31.2 Å². The summed E-state index contributed by atoms with van der Waals surface area (Å²) in [5, 5.41) is 2.77. The number of likely N-dealkylation sites (tertiary alicyclic amines) is 1. The first-order chi connectivity index (χ1) is 12.8. The number of nitrogens with one attached hydrogen (secondary N) is 1. The number of fused-ring (bicyclic) bond motifs is 1. The van der Waals surface area contributed by atoms with E-state index in [2.05, 4.69) is 19.2 Å². The number of nitrogens with zero attached hydrogens (tertiary/aromatic N) is 1. The van der Waals surface area contributed by atoms with E-state index in [-0.39, 0.29) is 28.6 Å². The van der Waals surface area contributed by atoms with Gasteiger partial charge in [-0.25, -0.2) is 0 Å². The third-order valence-corrected chi connectivity index (χ3v) is 6.62. The molecule has 0 aromatic carbocycles. The molecule has 156 valence electrons. The van der Waals surface area contributed by atoms with Crippen LogP contribution in [-0.2, 0) is 19.2 Å². The number of carbonyl (C=O) groups is 4. The third-order valence-electron chi connectivity index (χ3n) is 6.62. The van der Waals surface area contributed by atoms with Gasteiger partial charge in [0.2, 0.25) is 17.6 Å². The van der Waals surface area contributed by atoms with Gasteiger partial charge in [0.05, 0.1) is 6.04 Å². The van der Waals surface area contributed by atoms with E-state index in [9.17, 15) is 19.2 Å². The summed E-state index contributed by atoms with van der Waals surface area (Å²) in [5.74, 6) is -1.42. The number of ketones is 1. The van der Waals surface area contributed by atoms with Gasteiger partial charge >= 0.3 is 0 Å². The number of carbonyl (C=O) groups excluding carboxylic acids is 4. The van der Waals surface area contributed by atoms with E-state index in [0.717, 1.165) is 12.8 Å². The Morgan fingerprint density at radius 2 is 1.79 bits per heavy atom. The third kappa shape index (κ3) is 4.08. The zero-order valence-corrected chi connectivity index (χ0v) is 17.6. The molecule has 1 saturated heterocycles. The molecule has 2 saturated carbocycles. The average Bonchev–Trinajstić information content (AvgIpc) is 3.39. The van der Waals surface area contributed by atoms with Gasteiger partial charge in [-0.05, 0) is 35.0 Å². The molecule has 3 amide bonds. The highest BCUT2D eigenvalue weighted by molar-refractivity contribution is 6.37. The van der Waals surface area contributed by atoms with Crippen LogP contribution < -0.4 is 11.1 Å². The van der Waals surface area contributed by atoms with Gasteiger partial charge in [0.1, 0.15) is 6.04 Å². The Hall–Kier alpha value is -1.92. The second-order valence-electron chi connectivity index (χ2n) is 10.7. The summed E-state index contributed by atoms with van der Waals surface area (Å²) >= 11 is 0. The highest BCUT2D eigenvalue weighted by atomic mass is 16.2. The number of primary amides is 1. The summed E-state index contributed by atoms with van der Waals surface area (Å²) in [6.07, 6.45) is 2.79. The number of hydrogen-bond donors (Lipinski definition) is 2. The van der Waals surface area contributed by atoms with Gasteiger partial charge < -0.3 is 16.0 Å². The van der Waals surface area contributed by atoms with E-state index in [1.54, 1.807) is 4.90 Å². The maximum Gasteiger partial charge on any atom is 0.287 e. The van der Waals surface area contributed by atoms with Crippen LogP contribution in [0, 0.1) is 28.6 Å². The predicted molar refractivity (Wildman–Crippen MR) is 104 cm³/mol. The first-order valence-electron chi connectivity index (χ1n) is 10.3. The minimum absolute atomic E-state index is 0.000202. The van der Waals surface area contributed by atoms with Crippen molar-refractivity contribution in [2.75, 3.05) is 6.54 Å². The quantitative estimate of drug-likeness (QED) is 0.636. The Labute approximate surface area is 166 Å². The lowest BCUT2D eigenvalue weighted by molar-refractivity contribution is -0.143. The Balaban J connectivity index is 1.76. The molecule has 0 spiro atoms. The van der Waals surface area contributed by atoms with E-state index < -0.39 is 23.8 Å². The number of amides is 3. The van der Waals surface area contributed by atoms with Crippen molar-refractivity contribution in [2.45, 2.75) is 72.4 Å². The smallest absolute Gasteiger partial charge is 0.287 e. The van der Waals surface area contributed by atoms with Gasteiger partial charge in [-0.2, -0.15) is 0 Å². The van der Waals surface area contributed by atoms with Gasteiger partial charge in [0, 0.05) is 13.0 Å². The fourth-order valence-corrected chi connectivity index (χ4v) is 4.75. The molecule has 2 aliphatic carbocycles. The van der Waals surface area contributed by atoms with Crippen LogP contribution in [0.25, 0.3) is 0 Å². The fraction of sp³-hybridized carbons (Fsp3) is 0.810. The number of hydrogen-bond acceptors (Lipinski definition) is 4. The van der Waals surface area contributed by atoms with Crippen molar-refractivity contribution in [3.05, 3.63) is 0 Å². The maximum atomic E-state index is 13.2. The van der Waals surface area contributed by atoms with Gasteiger partial charge in [-0.3, -0.25) is 19.2 Å². The summed E-state index contributed by atoms with van der Waals surface area (Å²) in [6.45, 7) is 10.8. The lowest BCUT2D eigenvalue weighted by atomic mass is 9.90. The number of nitrogens with two attached hydrogens (primary N) is 1. The van der Waals surface area contributed by atoms with Crippen LogP contribution in [0.3, 0.4) is 0 Å². The minimum Gasteiger partial charge on any atom is -0.363 e. The van der Waals surface area contributed by atoms with Crippen molar-refractivity contribution < 1.29 is 19.2 Å². The van der Waals surface area contributed by atoms with Crippen LogP contribution in [-0.4, -0.2) is 47.0 Å². The molecule has 7 nitrogen and oxygen atoms in total. The predicted octanol–water partition coefficient (Wildman–Crippen LogP) is 1.24. The van der Waals surface area contributed by atoms with Gasteiger partial charge in [-0.15, -0.1) is 0 Å². The molecule has 4 atom stereocenters. The Morgan fingerprint density at radius 1 is 1.18 bits per heavy atom. The molecule has 0 bridgehead atoms. The molecule has 7 heteroatoms. The Bertz CT molecular complexity index is 705. The topological polar surface area (TPSA) is 110 Å². The van der Waals surface area contributed by atoms with Crippen LogP contribution in [0.15, 0.2) is 0 Å². The lowest BCUT2D eigenvalue weighted by Crippen LogP contribution is -2.55. The second-order valence-corrected chi connectivity index (χ2v) is 10.7. The van der Waals surface area contributed by atoms with Crippen LogP contribution in [0.1, 0.15) is 60.3 Å². The normalized spacial score (nSPS) is 29.0. The summed E-state index contributed by atoms with van der Waals surface area (Å²) < 4.78 is 0. The first-order valence-corrected chi connectivity index (χ1v) is 10.3. The number of Topliss-reactive ketones (excluding diaryl/α,β-unsaturated/α-hetero) is 1. The van der Waals surface area contributed by atoms with Crippen molar-refractivity contribution in [1.29, 1.82) is 0 Å². The lowest BCUT2D eigenvalue weighted by Gasteiger charge is -2.33. The first kappa shape index (κ1) is 20.8. The van der Waals surface area contributed by atoms with Crippen molar-refractivity contribution in [1.82, 2.24) is 10.2 Å². The minimum atomic E-state index is -1.03. The molecule has 3 N–H and O–H groups in total. The van der Waals surface area contributed by atoms with Crippen molar-refractivity contribution >= 4 is 23.5 Å². The highest BCUT2D eigenvalue weighted by Crippen LogP contribution is 2.65. The summed E-state index contributed by atoms with van der Waals surface area (Å²) in [4.78, 5) is 51.4. The standard InChI is InChI=1S/C21H33N3O4/c1-20(2,3)9-14(25)24-10-12-15(21(12,4)5)16(24)19(28)23-13(8-11-6-7-11)17(26)18(22)27/h11-13,15-16H,6-10H2,1-5H3,(H2,22,27)(H,23,28). The average molecular weight is 392 g/mol. The summed E-state index contributed by atoms with van der Waals surface area (Å²) in [5.41, 5.74) is 5.01. The molecule has 0 aromatic heterocycles. The molecular weight excluding hydrogens is 358 g/mol. The van der Waals surface area contributed by atoms with Crippen LogP contribution >= 0.6 is 0 Å². The van der Waals surface area contributed by atoms with Crippen LogP contribution in [0.5, 0.6) is 0 Å². The summed E-state index contributed by atoms with van der Waals surface area (Å²) in [6, 6.07) is -1.48. The Morgan fingerprint density at radius 3 is 2.29 bits per heavy atom. The van der Waals surface area contributed by atoms with Gasteiger partial charge in [0.15, 0.2) is 0 Å². The summed E-state index contributed by atoms with van der Waals surface area (Å²) in [7, 11) is 0. The molecule has 3 rings (SSSR count). The zero-order chi connectivity index (χ0) is 21.0. The van der Waals surface area contributed by atoms with Crippen LogP contribution in [0.4, 0.5) is 0 Å². The molecule has 0 radical (unpaired) electrons. The molecule has 0 aromatic rings. The number of piperidine rings is 1. The van der Waals surface area contributed by atoms with Crippen molar-refractivity contribution in [2.24, 2.45) is 34.3 Å². The number of rotatable bonds is 7. The van der Waals surface area contributed by atoms with E-state index in [4.69, 9.17) is 5.73 Å². The molecule has 1 heterocycles. The van der Waals surface area contributed by atoms with Crippen LogP contribution in [0.2, 0.25) is 0 Å². The molecule has 28 heavy (non-hydrogen) atoms. The molecule has 4 unspecified atom stereocenters. The molecule has 3 aliphatic rings. The zero-order valence-electron chi connectivity index (χ0n) is 17.6. The molecule has 1 aliphatic heterocycles. The van der Waals surface area contributed by atoms with Crippen molar-refractivity contribution in [3.63, 3.8) is 0 Å². The van der Waals surface area contributed by atoms with Gasteiger partial charge in [-0.1, -0.05) is 47.5 Å². The largest absolute Gasteiger partial charge is 0.363 e. The van der Waals surface area contributed by atoms with Gasteiger partial charge in [0.25, 0.3) is 5.91 Å². The highest BCUT2D eigenvalue weighted by Gasteiger charge is 2.69. The second kappa shape index (κ2) is 6.85. The monoisotopic (exact) mass is 391 g/mol. The SMILES string of the molecule is CC(C)(C)CC(=O)N1CC2C(C1C(=O)NC(CC1CC1)C(=O)C(N)=O)C2(C)C. The van der Waals surface area contributed by atoms with E-state index >= 15 is 0 Å². The maximum absolute atomic E-state index is 13.2. The van der Waals surface area contributed by atoms with E-state index in [1.807, 2.05) is 20.8 Å². The Kier molecular flexibility index (Phi) is 5.09.